The molecule has 2 aromatic carbocycles. The van der Waals surface area contributed by atoms with Crippen LogP contribution in [-0.2, 0) is 4.79 Å². The number of aliphatic carboxylic acids is 1. The van der Waals surface area contributed by atoms with Gasteiger partial charge in [-0.2, -0.15) is 0 Å². The summed E-state index contributed by atoms with van der Waals surface area (Å²) in [6.45, 7) is 1.31. The van der Waals surface area contributed by atoms with Crippen LogP contribution in [0.5, 0.6) is 11.5 Å². The molecule has 2 aliphatic heterocycles. The normalized spacial score (nSPS) is 18.4. The van der Waals surface area contributed by atoms with Crippen molar-refractivity contribution in [2.75, 3.05) is 24.7 Å². The number of benzene rings is 2. The lowest BCUT2D eigenvalue weighted by Crippen LogP contribution is -2.38. The van der Waals surface area contributed by atoms with E-state index in [0.29, 0.717) is 54.5 Å². The van der Waals surface area contributed by atoms with Crippen LogP contribution in [0.2, 0.25) is 0 Å². The lowest BCUT2D eigenvalue weighted by Gasteiger charge is -2.33. The first kappa shape index (κ1) is 15.5. The van der Waals surface area contributed by atoms with Crippen molar-refractivity contribution in [3.8, 4) is 11.5 Å². The van der Waals surface area contributed by atoms with E-state index in [4.69, 9.17) is 9.47 Å². The molecule has 2 aromatic rings. The van der Waals surface area contributed by atoms with Crippen molar-refractivity contribution in [1.29, 1.82) is 0 Å². The molecule has 0 saturated carbocycles. The molecule has 0 aliphatic carbocycles. The van der Waals surface area contributed by atoms with Gasteiger partial charge in [0.25, 0.3) is 5.91 Å². The minimum atomic E-state index is -0.862. The van der Waals surface area contributed by atoms with Crippen molar-refractivity contribution in [1.82, 2.24) is 0 Å². The number of carbonyl (C=O) groups excluding carboxylic acids is 1. The monoisotopic (exact) mass is 339 g/mol. The van der Waals surface area contributed by atoms with Gasteiger partial charge in [0.15, 0.2) is 11.5 Å². The molecule has 128 valence electrons. The number of amides is 1. The van der Waals surface area contributed by atoms with E-state index in [1.165, 1.54) is 0 Å². The highest BCUT2D eigenvalue weighted by molar-refractivity contribution is 6.07. The van der Waals surface area contributed by atoms with E-state index in [2.05, 4.69) is 0 Å². The van der Waals surface area contributed by atoms with Crippen LogP contribution >= 0.6 is 0 Å². The Balaban J connectivity index is 1.69. The number of carboxylic acid groups (broad SMARTS) is 1. The zero-order chi connectivity index (χ0) is 17.4. The van der Waals surface area contributed by atoms with Gasteiger partial charge in [0.05, 0.1) is 5.92 Å². The second-order valence-corrected chi connectivity index (χ2v) is 6.05. The fraction of sp³-hybridized carbons (Fsp3) is 0.263. The standard InChI is InChI=1S/C19H17NO5/c21-18(12-5-6-16-17(11-12)25-10-9-24-16)20-8-7-14(19(22)23)13-3-1-2-4-15(13)20/h1-6,11,14H,7-10H2,(H,22,23). The van der Waals surface area contributed by atoms with E-state index in [1.54, 1.807) is 41.3 Å². The number of carboxylic acids is 1. The Bertz CT molecular complexity index is 847. The van der Waals surface area contributed by atoms with Gasteiger partial charge in [0.2, 0.25) is 0 Å². The third-order valence-corrected chi connectivity index (χ3v) is 4.58. The Labute approximate surface area is 144 Å². The zero-order valence-electron chi connectivity index (χ0n) is 13.5. The van der Waals surface area contributed by atoms with Crippen LogP contribution in [-0.4, -0.2) is 36.7 Å². The van der Waals surface area contributed by atoms with Crippen LogP contribution in [0, 0.1) is 0 Å². The van der Waals surface area contributed by atoms with Gasteiger partial charge >= 0.3 is 5.97 Å². The van der Waals surface area contributed by atoms with E-state index in [0.717, 1.165) is 0 Å². The van der Waals surface area contributed by atoms with Crippen LogP contribution < -0.4 is 14.4 Å². The Morgan fingerprint density at radius 1 is 1.04 bits per heavy atom. The predicted octanol–water partition coefficient (Wildman–Crippen LogP) is 2.68. The molecular weight excluding hydrogens is 322 g/mol. The summed E-state index contributed by atoms with van der Waals surface area (Å²) in [6.07, 6.45) is 0.392. The number of ether oxygens (including phenoxy) is 2. The second kappa shape index (κ2) is 6.12. The van der Waals surface area contributed by atoms with Crippen molar-refractivity contribution in [2.45, 2.75) is 12.3 Å². The van der Waals surface area contributed by atoms with E-state index < -0.39 is 11.9 Å². The van der Waals surface area contributed by atoms with Crippen molar-refractivity contribution < 1.29 is 24.2 Å². The van der Waals surface area contributed by atoms with Gasteiger partial charge in [0.1, 0.15) is 13.2 Å². The summed E-state index contributed by atoms with van der Waals surface area (Å²) in [5.41, 5.74) is 1.82. The maximum absolute atomic E-state index is 13.0. The first-order valence-electron chi connectivity index (χ1n) is 8.18. The highest BCUT2D eigenvalue weighted by atomic mass is 16.6. The van der Waals surface area contributed by atoms with Gasteiger partial charge in [-0.15, -0.1) is 0 Å². The van der Waals surface area contributed by atoms with Gasteiger partial charge in [-0.3, -0.25) is 9.59 Å². The third kappa shape index (κ3) is 2.69. The molecule has 1 N–H and O–H groups in total. The summed E-state index contributed by atoms with van der Waals surface area (Å²) in [5, 5.41) is 9.43. The van der Waals surface area contributed by atoms with Crippen molar-refractivity contribution >= 4 is 17.6 Å². The van der Waals surface area contributed by atoms with Crippen LogP contribution in [0.3, 0.4) is 0 Å². The highest BCUT2D eigenvalue weighted by Gasteiger charge is 2.33. The van der Waals surface area contributed by atoms with E-state index >= 15 is 0 Å². The fourth-order valence-corrected chi connectivity index (χ4v) is 3.36. The number of carbonyl (C=O) groups is 2. The summed E-state index contributed by atoms with van der Waals surface area (Å²) in [7, 11) is 0. The Morgan fingerprint density at radius 2 is 1.80 bits per heavy atom. The molecule has 0 bridgehead atoms. The molecule has 2 aliphatic rings. The van der Waals surface area contributed by atoms with Crippen LogP contribution in [0.4, 0.5) is 5.69 Å². The summed E-state index contributed by atoms with van der Waals surface area (Å²) in [5.74, 6) is -0.425. The Hall–Kier alpha value is -3.02. The average Bonchev–Trinajstić information content (AvgIpc) is 2.66. The average molecular weight is 339 g/mol. The van der Waals surface area contributed by atoms with Crippen LogP contribution in [0.1, 0.15) is 28.3 Å². The SMILES string of the molecule is O=C(O)C1CCN(C(=O)c2ccc3c(c2)OCCO3)c2ccccc21. The second-order valence-electron chi connectivity index (χ2n) is 6.05. The quantitative estimate of drug-likeness (QED) is 0.910. The minimum absolute atomic E-state index is 0.173. The number of nitrogens with zero attached hydrogens (tertiary/aromatic N) is 1. The lowest BCUT2D eigenvalue weighted by molar-refractivity contribution is -0.139. The van der Waals surface area contributed by atoms with E-state index in [9.17, 15) is 14.7 Å². The Kier molecular flexibility index (Phi) is 3.80. The number of anilines is 1. The van der Waals surface area contributed by atoms with Gasteiger partial charge in [0, 0.05) is 17.8 Å². The molecule has 2 heterocycles. The first-order valence-corrected chi connectivity index (χ1v) is 8.18. The third-order valence-electron chi connectivity index (χ3n) is 4.58. The molecule has 0 saturated heterocycles. The summed E-state index contributed by atoms with van der Waals surface area (Å²) in [4.78, 5) is 26.1. The summed E-state index contributed by atoms with van der Waals surface area (Å²) in [6, 6.07) is 12.3. The Morgan fingerprint density at radius 3 is 2.60 bits per heavy atom. The van der Waals surface area contributed by atoms with Crippen molar-refractivity contribution in [3.63, 3.8) is 0 Å². The smallest absolute Gasteiger partial charge is 0.311 e. The largest absolute Gasteiger partial charge is 0.486 e. The fourth-order valence-electron chi connectivity index (χ4n) is 3.36. The maximum atomic E-state index is 13.0. The number of hydrogen-bond donors (Lipinski definition) is 1. The molecule has 4 rings (SSSR count). The summed E-state index contributed by atoms with van der Waals surface area (Å²) < 4.78 is 11.0. The predicted molar refractivity (Wildman–Crippen MR) is 90.5 cm³/mol. The van der Waals surface area contributed by atoms with Gasteiger partial charge < -0.3 is 19.5 Å². The number of rotatable bonds is 2. The molecule has 6 heteroatoms. The molecule has 0 radical (unpaired) electrons. The maximum Gasteiger partial charge on any atom is 0.311 e. The molecule has 0 spiro atoms. The number of fused-ring (bicyclic) bond motifs is 2. The van der Waals surface area contributed by atoms with Crippen molar-refractivity contribution in [3.05, 3.63) is 53.6 Å². The van der Waals surface area contributed by atoms with Crippen LogP contribution in [0.15, 0.2) is 42.5 Å². The minimum Gasteiger partial charge on any atom is -0.486 e. The highest BCUT2D eigenvalue weighted by Crippen LogP contribution is 2.37. The topological polar surface area (TPSA) is 76.1 Å². The van der Waals surface area contributed by atoms with Crippen molar-refractivity contribution in [2.24, 2.45) is 0 Å². The number of hydrogen-bond acceptors (Lipinski definition) is 4. The molecular formula is C19H17NO5. The van der Waals surface area contributed by atoms with Gasteiger partial charge in [-0.25, -0.2) is 0 Å². The van der Waals surface area contributed by atoms with E-state index in [1.807, 2.05) is 6.07 Å². The number of para-hydroxylation sites is 1. The molecule has 1 unspecified atom stereocenters. The lowest BCUT2D eigenvalue weighted by atomic mass is 9.89. The molecule has 1 atom stereocenters. The van der Waals surface area contributed by atoms with Crippen LogP contribution in [0.25, 0.3) is 0 Å². The van der Waals surface area contributed by atoms with Gasteiger partial charge in [-0.05, 0) is 36.2 Å². The molecule has 1 amide bonds. The first-order chi connectivity index (χ1) is 12.1. The molecule has 0 aromatic heterocycles. The van der Waals surface area contributed by atoms with E-state index in [-0.39, 0.29) is 5.91 Å². The van der Waals surface area contributed by atoms with Gasteiger partial charge in [-0.1, -0.05) is 18.2 Å². The molecule has 6 nitrogen and oxygen atoms in total. The zero-order valence-corrected chi connectivity index (χ0v) is 13.5. The summed E-state index contributed by atoms with van der Waals surface area (Å²) >= 11 is 0. The molecule has 25 heavy (non-hydrogen) atoms. The molecule has 0 fully saturated rings.